The van der Waals surface area contributed by atoms with Gasteiger partial charge in [-0.1, -0.05) is 0 Å². The van der Waals surface area contributed by atoms with E-state index in [1.807, 2.05) is 0 Å². The molecule has 0 spiro atoms. The molecule has 0 fully saturated rings. The van der Waals surface area contributed by atoms with Crippen LogP contribution >= 0.6 is 0 Å². The van der Waals surface area contributed by atoms with Crippen LogP contribution in [-0.4, -0.2) is 28.2 Å². The molecular weight excluding hydrogens is 228 g/mol. The molecule has 8 heteroatoms. The van der Waals surface area contributed by atoms with E-state index >= 15 is 0 Å². The Morgan fingerprint density at radius 3 is 2.65 bits per heavy atom. The van der Waals surface area contributed by atoms with Crippen LogP contribution in [0.4, 0.5) is 0 Å². The quantitative estimate of drug-likeness (QED) is 0.302. The molecule has 1 heterocycles. The molecule has 0 radical (unpaired) electrons. The van der Waals surface area contributed by atoms with Gasteiger partial charge in [0, 0.05) is 0 Å². The first-order valence-electron chi connectivity index (χ1n) is 4.73. The van der Waals surface area contributed by atoms with Crippen molar-refractivity contribution in [2.75, 3.05) is 7.11 Å². The summed E-state index contributed by atoms with van der Waals surface area (Å²) in [5, 5.41) is 9.40. The first-order chi connectivity index (χ1) is 7.83. The summed E-state index contributed by atoms with van der Waals surface area (Å²) in [5.74, 6) is 3.72. The maximum atomic E-state index is 11.4. The number of aromatic hydroxyl groups is 1. The van der Waals surface area contributed by atoms with E-state index in [1.54, 1.807) is 13.8 Å². The Hall–Kier alpha value is -1.93. The largest absolute Gasteiger partial charge is 0.501 e. The summed E-state index contributed by atoms with van der Waals surface area (Å²) in [6.07, 6.45) is 0. The minimum absolute atomic E-state index is 0.114. The molecule has 0 aromatic carbocycles. The SMILES string of the molecule is COC(=O)c1nc(C(C)(C)NN)[nH]c(=O)c1O. The van der Waals surface area contributed by atoms with E-state index in [2.05, 4.69) is 20.1 Å². The van der Waals surface area contributed by atoms with Gasteiger partial charge in [0.15, 0.2) is 5.69 Å². The van der Waals surface area contributed by atoms with Crippen LogP contribution in [-0.2, 0) is 10.3 Å². The van der Waals surface area contributed by atoms with Crippen LogP contribution in [0, 0.1) is 0 Å². The van der Waals surface area contributed by atoms with Crippen LogP contribution in [0.5, 0.6) is 5.75 Å². The van der Waals surface area contributed by atoms with Crippen molar-refractivity contribution in [3.8, 4) is 5.75 Å². The lowest BCUT2D eigenvalue weighted by atomic mass is 10.1. The highest BCUT2D eigenvalue weighted by Crippen LogP contribution is 2.16. The van der Waals surface area contributed by atoms with Gasteiger partial charge < -0.3 is 14.8 Å². The Bertz CT molecular complexity index is 494. The maximum absolute atomic E-state index is 11.4. The second kappa shape index (κ2) is 4.52. The molecule has 17 heavy (non-hydrogen) atoms. The molecule has 1 rings (SSSR count). The first kappa shape index (κ1) is 13.1. The van der Waals surface area contributed by atoms with Crippen molar-refractivity contribution >= 4 is 5.97 Å². The minimum atomic E-state index is -0.900. The summed E-state index contributed by atoms with van der Waals surface area (Å²) in [6, 6.07) is 0. The second-order valence-electron chi connectivity index (χ2n) is 3.87. The van der Waals surface area contributed by atoms with Crippen molar-refractivity contribution in [1.82, 2.24) is 15.4 Å². The number of aromatic nitrogens is 2. The normalized spacial score (nSPS) is 11.3. The number of esters is 1. The molecule has 0 aliphatic heterocycles. The van der Waals surface area contributed by atoms with Crippen molar-refractivity contribution in [2.45, 2.75) is 19.4 Å². The van der Waals surface area contributed by atoms with Crippen molar-refractivity contribution in [3.05, 3.63) is 21.9 Å². The lowest BCUT2D eigenvalue weighted by Gasteiger charge is -2.22. The molecule has 0 aliphatic rings. The molecule has 1 aromatic rings. The zero-order chi connectivity index (χ0) is 13.2. The van der Waals surface area contributed by atoms with Crippen LogP contribution < -0.4 is 16.8 Å². The lowest BCUT2D eigenvalue weighted by Crippen LogP contribution is -2.44. The zero-order valence-electron chi connectivity index (χ0n) is 9.70. The number of rotatable bonds is 3. The number of hydrogen-bond donors (Lipinski definition) is 4. The van der Waals surface area contributed by atoms with Gasteiger partial charge in [0.05, 0.1) is 12.6 Å². The molecule has 0 unspecified atom stereocenters. The Morgan fingerprint density at radius 1 is 1.59 bits per heavy atom. The first-order valence-corrected chi connectivity index (χ1v) is 4.73. The Labute approximate surface area is 96.8 Å². The van der Waals surface area contributed by atoms with Crippen molar-refractivity contribution < 1.29 is 14.6 Å². The zero-order valence-corrected chi connectivity index (χ0v) is 9.70. The van der Waals surface area contributed by atoms with Gasteiger partial charge in [0.1, 0.15) is 5.82 Å². The molecule has 0 amide bonds. The van der Waals surface area contributed by atoms with Gasteiger partial charge in [0.25, 0.3) is 5.56 Å². The van der Waals surface area contributed by atoms with Crippen molar-refractivity contribution in [2.24, 2.45) is 5.84 Å². The summed E-state index contributed by atoms with van der Waals surface area (Å²) in [6.45, 7) is 3.28. The number of nitrogens with zero attached hydrogens (tertiary/aromatic N) is 1. The van der Waals surface area contributed by atoms with E-state index in [-0.39, 0.29) is 5.82 Å². The molecule has 5 N–H and O–H groups in total. The molecule has 1 aromatic heterocycles. The fraction of sp³-hybridized carbons (Fsp3) is 0.444. The molecule has 94 valence electrons. The van der Waals surface area contributed by atoms with E-state index < -0.39 is 28.5 Å². The van der Waals surface area contributed by atoms with Gasteiger partial charge in [-0.3, -0.25) is 10.6 Å². The van der Waals surface area contributed by atoms with Gasteiger partial charge in [-0.2, -0.15) is 0 Å². The maximum Gasteiger partial charge on any atom is 0.360 e. The molecular formula is C9H14N4O4. The highest BCUT2D eigenvalue weighted by molar-refractivity contribution is 5.89. The third-order valence-electron chi connectivity index (χ3n) is 2.23. The van der Waals surface area contributed by atoms with Crippen LogP contribution in [0.15, 0.2) is 4.79 Å². The van der Waals surface area contributed by atoms with Gasteiger partial charge >= 0.3 is 5.97 Å². The second-order valence-corrected chi connectivity index (χ2v) is 3.87. The number of nitrogens with two attached hydrogens (primary N) is 1. The van der Waals surface area contributed by atoms with Crippen molar-refractivity contribution in [1.29, 1.82) is 0 Å². The summed E-state index contributed by atoms with van der Waals surface area (Å²) in [7, 11) is 1.12. The number of carbonyl (C=O) groups is 1. The number of hydrogen-bond acceptors (Lipinski definition) is 7. The number of ether oxygens (including phenoxy) is 1. The molecule has 0 saturated heterocycles. The predicted molar refractivity (Wildman–Crippen MR) is 58.2 cm³/mol. The highest BCUT2D eigenvalue weighted by atomic mass is 16.5. The Morgan fingerprint density at radius 2 is 2.18 bits per heavy atom. The molecule has 0 aliphatic carbocycles. The summed E-state index contributed by atoms with van der Waals surface area (Å²) < 4.78 is 4.41. The highest BCUT2D eigenvalue weighted by Gasteiger charge is 2.26. The molecule has 0 bridgehead atoms. The van der Waals surface area contributed by atoms with E-state index in [4.69, 9.17) is 5.84 Å². The van der Waals surface area contributed by atoms with E-state index in [0.717, 1.165) is 7.11 Å². The third kappa shape index (κ3) is 2.43. The summed E-state index contributed by atoms with van der Waals surface area (Å²) in [5.41, 5.74) is 0.273. The average Bonchev–Trinajstić information content (AvgIpc) is 2.31. The lowest BCUT2D eigenvalue weighted by molar-refractivity contribution is 0.0588. The van der Waals surface area contributed by atoms with Gasteiger partial charge in [-0.05, 0) is 13.8 Å². The number of hydrazine groups is 1. The molecule has 0 saturated carbocycles. The Kier molecular flexibility index (Phi) is 3.49. The van der Waals surface area contributed by atoms with Gasteiger partial charge in [-0.15, -0.1) is 0 Å². The fourth-order valence-corrected chi connectivity index (χ4v) is 1.07. The predicted octanol–water partition coefficient (Wildman–Crippen LogP) is -1.04. The van der Waals surface area contributed by atoms with Crippen LogP contribution in [0.3, 0.4) is 0 Å². The van der Waals surface area contributed by atoms with Crippen LogP contribution in [0.25, 0.3) is 0 Å². The third-order valence-corrected chi connectivity index (χ3v) is 2.23. The minimum Gasteiger partial charge on any atom is -0.501 e. The smallest absolute Gasteiger partial charge is 0.360 e. The Balaban J connectivity index is 3.44. The molecule has 8 nitrogen and oxygen atoms in total. The number of carbonyl (C=O) groups excluding carboxylic acids is 1. The monoisotopic (exact) mass is 242 g/mol. The van der Waals surface area contributed by atoms with Crippen molar-refractivity contribution in [3.63, 3.8) is 0 Å². The van der Waals surface area contributed by atoms with Gasteiger partial charge in [-0.25, -0.2) is 15.2 Å². The van der Waals surface area contributed by atoms with Crippen LogP contribution in [0.1, 0.15) is 30.2 Å². The topological polar surface area (TPSA) is 130 Å². The van der Waals surface area contributed by atoms with E-state index in [0.29, 0.717) is 0 Å². The van der Waals surface area contributed by atoms with E-state index in [9.17, 15) is 14.7 Å². The number of methoxy groups -OCH3 is 1. The fourth-order valence-electron chi connectivity index (χ4n) is 1.07. The standard InChI is InChI=1S/C9H14N4O4/c1-9(2,13-10)8-11-4(7(16)17-3)5(14)6(15)12-8/h13-14H,10H2,1-3H3,(H,11,12,15). The number of nitrogens with one attached hydrogen (secondary N) is 2. The van der Waals surface area contributed by atoms with Gasteiger partial charge in [0.2, 0.25) is 5.75 Å². The molecule has 0 atom stereocenters. The average molecular weight is 242 g/mol. The summed E-state index contributed by atoms with van der Waals surface area (Å²) in [4.78, 5) is 28.9. The van der Waals surface area contributed by atoms with Crippen LogP contribution in [0.2, 0.25) is 0 Å². The van der Waals surface area contributed by atoms with E-state index in [1.165, 1.54) is 0 Å². The number of H-pyrrole nitrogens is 1. The number of aromatic amines is 1. The summed E-state index contributed by atoms with van der Waals surface area (Å²) >= 11 is 0.